The summed E-state index contributed by atoms with van der Waals surface area (Å²) in [4.78, 5) is 19.6. The minimum absolute atomic E-state index is 0.00579. The van der Waals surface area contributed by atoms with Crippen LogP contribution < -0.4 is 5.32 Å². The zero-order valence-corrected chi connectivity index (χ0v) is 12.7. The number of ether oxygens (including phenoxy) is 1. The molecule has 106 valence electrons. The van der Waals surface area contributed by atoms with Gasteiger partial charge in [0.2, 0.25) is 0 Å². The molecule has 0 spiro atoms. The van der Waals surface area contributed by atoms with Crippen LogP contribution in [0.4, 0.5) is 4.79 Å². The first kappa shape index (κ1) is 14.3. The van der Waals surface area contributed by atoms with Crippen LogP contribution in [0.15, 0.2) is 0 Å². The Morgan fingerprint density at radius 1 is 1.58 bits per heavy atom. The molecular weight excluding hydrogens is 262 g/mol. The van der Waals surface area contributed by atoms with Gasteiger partial charge in [-0.2, -0.15) is 0 Å². The molecule has 6 heteroatoms. The molecule has 1 aromatic rings. The smallest absolute Gasteiger partial charge is 0.318 e. The number of hydrogen-bond donors (Lipinski definition) is 1. The number of carbonyl (C=O) groups is 1. The summed E-state index contributed by atoms with van der Waals surface area (Å²) in [5.41, 5.74) is 1.00. The van der Waals surface area contributed by atoms with Gasteiger partial charge in [-0.15, -0.1) is 11.3 Å². The van der Waals surface area contributed by atoms with Crippen molar-refractivity contribution in [1.82, 2.24) is 15.2 Å². The Hall–Kier alpha value is -1.14. The number of nitrogens with zero attached hydrogens (tertiary/aromatic N) is 2. The number of amides is 2. The van der Waals surface area contributed by atoms with Gasteiger partial charge in [0.05, 0.1) is 36.0 Å². The fourth-order valence-electron chi connectivity index (χ4n) is 2.31. The lowest BCUT2D eigenvalue weighted by molar-refractivity contribution is 0.0185. The summed E-state index contributed by atoms with van der Waals surface area (Å²) in [6.45, 7) is 9.86. The van der Waals surface area contributed by atoms with Crippen LogP contribution >= 0.6 is 11.3 Å². The number of nitrogens with one attached hydrogen (secondary N) is 1. The Labute approximate surface area is 118 Å². The van der Waals surface area contributed by atoms with E-state index in [0.29, 0.717) is 19.8 Å². The van der Waals surface area contributed by atoms with E-state index in [9.17, 15) is 4.79 Å². The van der Waals surface area contributed by atoms with Crippen LogP contribution in [-0.2, 0) is 4.74 Å². The average molecular weight is 283 g/mol. The van der Waals surface area contributed by atoms with Crippen molar-refractivity contribution in [2.45, 2.75) is 39.8 Å². The Balaban J connectivity index is 2.00. The summed E-state index contributed by atoms with van der Waals surface area (Å²) in [5.74, 6) is 0. The molecule has 0 bridgehead atoms. The van der Waals surface area contributed by atoms with Crippen molar-refractivity contribution in [3.63, 3.8) is 0 Å². The van der Waals surface area contributed by atoms with Gasteiger partial charge in [0, 0.05) is 11.4 Å². The van der Waals surface area contributed by atoms with Gasteiger partial charge in [0.15, 0.2) is 0 Å². The normalized spacial score (nSPS) is 21.3. The van der Waals surface area contributed by atoms with Crippen LogP contribution in [0.5, 0.6) is 0 Å². The molecule has 1 aromatic heterocycles. The third kappa shape index (κ3) is 3.25. The third-order valence-electron chi connectivity index (χ3n) is 3.30. The van der Waals surface area contributed by atoms with Crippen molar-refractivity contribution >= 4 is 17.4 Å². The van der Waals surface area contributed by atoms with Gasteiger partial charge >= 0.3 is 6.03 Å². The maximum atomic E-state index is 12.3. The van der Waals surface area contributed by atoms with Gasteiger partial charge in [-0.25, -0.2) is 9.78 Å². The van der Waals surface area contributed by atoms with Crippen LogP contribution in [0.3, 0.4) is 0 Å². The molecule has 2 rings (SSSR count). The molecule has 0 radical (unpaired) electrons. The Morgan fingerprint density at radius 2 is 2.32 bits per heavy atom. The number of aryl methyl sites for hydroxylation is 2. The molecule has 0 aromatic carbocycles. The first-order valence-corrected chi connectivity index (χ1v) is 7.39. The molecule has 5 nitrogen and oxygen atoms in total. The molecule has 0 saturated carbocycles. The minimum Gasteiger partial charge on any atom is -0.377 e. The van der Waals surface area contributed by atoms with Gasteiger partial charge in [-0.1, -0.05) is 0 Å². The van der Waals surface area contributed by atoms with E-state index in [-0.39, 0.29) is 18.1 Å². The lowest BCUT2D eigenvalue weighted by Crippen LogP contribution is -2.51. The standard InChI is InChI=1S/C13H21N3O2S/c1-8-7-18-6-5-16(8)13(17)15-10(3)12-9(2)14-11(4)19-12/h8,10H,5-7H2,1-4H3,(H,15,17). The maximum Gasteiger partial charge on any atom is 0.318 e. The first-order chi connectivity index (χ1) is 8.99. The van der Waals surface area contributed by atoms with Crippen LogP contribution in [0.1, 0.15) is 35.5 Å². The van der Waals surface area contributed by atoms with Crippen LogP contribution in [0.2, 0.25) is 0 Å². The average Bonchev–Trinajstić information content (AvgIpc) is 2.69. The number of rotatable bonds is 2. The highest BCUT2D eigenvalue weighted by molar-refractivity contribution is 7.11. The van der Waals surface area contributed by atoms with E-state index in [4.69, 9.17) is 4.74 Å². The molecule has 1 fully saturated rings. The largest absolute Gasteiger partial charge is 0.377 e. The molecule has 19 heavy (non-hydrogen) atoms. The van der Waals surface area contributed by atoms with Crippen molar-refractivity contribution in [3.8, 4) is 0 Å². The topological polar surface area (TPSA) is 54.5 Å². The molecule has 2 heterocycles. The van der Waals surface area contributed by atoms with Crippen molar-refractivity contribution < 1.29 is 9.53 Å². The zero-order chi connectivity index (χ0) is 14.0. The van der Waals surface area contributed by atoms with Gasteiger partial charge in [-0.3, -0.25) is 0 Å². The van der Waals surface area contributed by atoms with E-state index in [2.05, 4.69) is 10.3 Å². The number of urea groups is 1. The molecule has 1 aliphatic rings. The van der Waals surface area contributed by atoms with E-state index in [1.807, 2.05) is 32.6 Å². The Morgan fingerprint density at radius 3 is 2.89 bits per heavy atom. The van der Waals surface area contributed by atoms with E-state index >= 15 is 0 Å². The van der Waals surface area contributed by atoms with E-state index in [1.165, 1.54) is 0 Å². The van der Waals surface area contributed by atoms with Crippen molar-refractivity contribution in [1.29, 1.82) is 0 Å². The third-order valence-corrected chi connectivity index (χ3v) is 4.56. The summed E-state index contributed by atoms with van der Waals surface area (Å²) >= 11 is 1.64. The van der Waals surface area contributed by atoms with Gasteiger partial charge in [0.1, 0.15) is 0 Å². The summed E-state index contributed by atoms with van der Waals surface area (Å²) in [7, 11) is 0. The second-order valence-corrected chi connectivity index (χ2v) is 6.21. The lowest BCUT2D eigenvalue weighted by Gasteiger charge is -2.34. The fourth-order valence-corrected chi connectivity index (χ4v) is 3.24. The predicted octanol–water partition coefficient (Wildman–Crippen LogP) is 2.25. The number of carbonyl (C=O) groups excluding carboxylic acids is 1. The maximum absolute atomic E-state index is 12.3. The number of thiazole rings is 1. The van der Waals surface area contributed by atoms with Gasteiger partial charge < -0.3 is 15.0 Å². The summed E-state index contributed by atoms with van der Waals surface area (Å²) < 4.78 is 5.34. The second-order valence-electron chi connectivity index (χ2n) is 4.97. The number of aromatic nitrogens is 1. The molecule has 2 unspecified atom stereocenters. The molecule has 0 aliphatic carbocycles. The Bertz CT molecular complexity index is 461. The summed E-state index contributed by atoms with van der Waals surface area (Å²) in [6.07, 6.45) is 0. The first-order valence-electron chi connectivity index (χ1n) is 6.58. The predicted molar refractivity (Wildman–Crippen MR) is 75.5 cm³/mol. The monoisotopic (exact) mass is 283 g/mol. The molecular formula is C13H21N3O2S. The zero-order valence-electron chi connectivity index (χ0n) is 11.9. The summed E-state index contributed by atoms with van der Waals surface area (Å²) in [5, 5.41) is 4.09. The molecule has 2 atom stereocenters. The van der Waals surface area contributed by atoms with E-state index in [0.717, 1.165) is 15.6 Å². The summed E-state index contributed by atoms with van der Waals surface area (Å²) in [6, 6.07) is 0.104. The highest BCUT2D eigenvalue weighted by Gasteiger charge is 2.25. The van der Waals surface area contributed by atoms with Gasteiger partial charge in [0.25, 0.3) is 0 Å². The number of hydrogen-bond acceptors (Lipinski definition) is 4. The van der Waals surface area contributed by atoms with E-state index in [1.54, 1.807) is 11.3 Å². The molecule has 1 aliphatic heterocycles. The number of morpholine rings is 1. The van der Waals surface area contributed by atoms with Crippen molar-refractivity contribution in [2.24, 2.45) is 0 Å². The highest BCUT2D eigenvalue weighted by atomic mass is 32.1. The molecule has 1 saturated heterocycles. The van der Waals surface area contributed by atoms with E-state index < -0.39 is 0 Å². The van der Waals surface area contributed by atoms with Gasteiger partial charge in [-0.05, 0) is 27.7 Å². The minimum atomic E-state index is -0.0197. The molecule has 1 N–H and O–H groups in total. The Kier molecular flexibility index (Phi) is 4.42. The second kappa shape index (κ2) is 5.88. The fraction of sp³-hybridized carbons (Fsp3) is 0.692. The van der Waals surface area contributed by atoms with Crippen LogP contribution in [0, 0.1) is 13.8 Å². The SMILES string of the molecule is Cc1nc(C)c(C(C)NC(=O)N2CCOCC2C)s1. The van der Waals surface area contributed by atoms with Crippen molar-refractivity contribution in [2.75, 3.05) is 19.8 Å². The quantitative estimate of drug-likeness (QED) is 0.905. The highest BCUT2D eigenvalue weighted by Crippen LogP contribution is 2.24. The molecule has 2 amide bonds. The van der Waals surface area contributed by atoms with Crippen LogP contribution in [-0.4, -0.2) is 41.7 Å². The van der Waals surface area contributed by atoms with Crippen LogP contribution in [0.25, 0.3) is 0 Å². The lowest BCUT2D eigenvalue weighted by atomic mass is 10.2. The van der Waals surface area contributed by atoms with Crippen molar-refractivity contribution in [3.05, 3.63) is 15.6 Å².